The summed E-state index contributed by atoms with van der Waals surface area (Å²) in [4.78, 5) is 10.7. The van der Waals surface area contributed by atoms with Crippen LogP contribution >= 0.6 is 0 Å². The van der Waals surface area contributed by atoms with Crippen LogP contribution in [-0.4, -0.2) is 16.2 Å². The molecular weight excluding hydrogens is 216 g/mol. The van der Waals surface area contributed by atoms with Gasteiger partial charge in [-0.1, -0.05) is 18.2 Å². The number of carbonyl (C=O) groups is 1. The molecule has 0 unspecified atom stereocenters. The molecule has 0 saturated heterocycles. The summed E-state index contributed by atoms with van der Waals surface area (Å²) in [6, 6.07) is 11.7. The van der Waals surface area contributed by atoms with Crippen molar-refractivity contribution in [1.29, 1.82) is 0 Å². The van der Waals surface area contributed by atoms with E-state index in [1.54, 1.807) is 36.4 Å². The van der Waals surface area contributed by atoms with Crippen LogP contribution in [0.1, 0.15) is 15.9 Å². The summed E-state index contributed by atoms with van der Waals surface area (Å²) in [6.07, 6.45) is 0. The first-order chi connectivity index (χ1) is 8.08. The molecule has 0 aliphatic rings. The molecule has 2 aromatic rings. The molecule has 0 bridgehead atoms. The van der Waals surface area contributed by atoms with Crippen molar-refractivity contribution in [3.05, 3.63) is 53.6 Å². The summed E-state index contributed by atoms with van der Waals surface area (Å²) in [5.41, 5.74) is 3.09. The molecule has 3 heteroatoms. The van der Waals surface area contributed by atoms with E-state index < -0.39 is 5.97 Å². The molecule has 86 valence electrons. The maximum Gasteiger partial charge on any atom is 0.335 e. The van der Waals surface area contributed by atoms with Crippen molar-refractivity contribution in [2.75, 3.05) is 0 Å². The highest BCUT2D eigenvalue weighted by atomic mass is 16.4. The number of carboxylic acids is 1. The van der Waals surface area contributed by atoms with Gasteiger partial charge in [-0.2, -0.15) is 0 Å². The predicted molar refractivity (Wildman–Crippen MR) is 65.2 cm³/mol. The topological polar surface area (TPSA) is 57.5 Å². The normalized spacial score (nSPS) is 10.2. The van der Waals surface area contributed by atoms with Crippen LogP contribution in [0.2, 0.25) is 0 Å². The van der Waals surface area contributed by atoms with Crippen LogP contribution in [0.4, 0.5) is 0 Å². The summed E-state index contributed by atoms with van der Waals surface area (Å²) < 4.78 is 0. The van der Waals surface area contributed by atoms with Gasteiger partial charge in [0.25, 0.3) is 0 Å². The van der Waals surface area contributed by atoms with Gasteiger partial charge >= 0.3 is 5.97 Å². The summed E-state index contributed by atoms with van der Waals surface area (Å²) >= 11 is 0. The van der Waals surface area contributed by atoms with Crippen LogP contribution in [0.25, 0.3) is 11.1 Å². The Balaban J connectivity index is 2.46. The van der Waals surface area contributed by atoms with Gasteiger partial charge in [0.2, 0.25) is 0 Å². The third kappa shape index (κ3) is 2.28. The molecule has 0 radical (unpaired) electrons. The van der Waals surface area contributed by atoms with Gasteiger partial charge in [0, 0.05) is 0 Å². The highest BCUT2D eigenvalue weighted by Crippen LogP contribution is 2.27. The van der Waals surface area contributed by atoms with Crippen molar-refractivity contribution in [3.63, 3.8) is 0 Å². The number of aromatic carboxylic acids is 1. The van der Waals surface area contributed by atoms with E-state index in [2.05, 4.69) is 0 Å². The Bertz CT molecular complexity index is 556. The molecule has 2 rings (SSSR count). The standard InChI is InChI=1S/C14H12O3/c1-9-2-7-12(15)8-13(9)10-3-5-11(6-4-10)14(16)17/h2-8,15H,1H3,(H,16,17). The Hall–Kier alpha value is -2.29. The van der Waals surface area contributed by atoms with Crippen LogP contribution < -0.4 is 0 Å². The van der Waals surface area contributed by atoms with Gasteiger partial charge in [0.15, 0.2) is 0 Å². The minimum Gasteiger partial charge on any atom is -0.508 e. The zero-order chi connectivity index (χ0) is 12.4. The van der Waals surface area contributed by atoms with Crippen LogP contribution in [-0.2, 0) is 0 Å². The van der Waals surface area contributed by atoms with E-state index in [0.29, 0.717) is 0 Å². The van der Waals surface area contributed by atoms with Gasteiger partial charge in [-0.05, 0) is 47.9 Å². The van der Waals surface area contributed by atoms with Gasteiger partial charge in [-0.3, -0.25) is 0 Å². The molecule has 0 aliphatic carbocycles. The number of phenols is 1. The smallest absolute Gasteiger partial charge is 0.335 e. The first-order valence-corrected chi connectivity index (χ1v) is 5.21. The van der Waals surface area contributed by atoms with E-state index >= 15 is 0 Å². The Morgan fingerprint density at radius 2 is 1.71 bits per heavy atom. The van der Waals surface area contributed by atoms with Gasteiger partial charge in [0.1, 0.15) is 5.75 Å². The van der Waals surface area contributed by atoms with Crippen molar-refractivity contribution in [2.24, 2.45) is 0 Å². The Labute approximate surface area is 99.0 Å². The van der Waals surface area contributed by atoms with Crippen LogP contribution in [0.3, 0.4) is 0 Å². The van der Waals surface area contributed by atoms with Crippen molar-refractivity contribution < 1.29 is 15.0 Å². The van der Waals surface area contributed by atoms with Gasteiger partial charge in [0.05, 0.1) is 5.56 Å². The molecule has 2 aromatic carbocycles. The van der Waals surface area contributed by atoms with E-state index in [0.717, 1.165) is 16.7 Å². The van der Waals surface area contributed by atoms with Crippen molar-refractivity contribution in [1.82, 2.24) is 0 Å². The van der Waals surface area contributed by atoms with Crippen molar-refractivity contribution >= 4 is 5.97 Å². The third-order valence-electron chi connectivity index (χ3n) is 2.66. The van der Waals surface area contributed by atoms with Gasteiger partial charge < -0.3 is 10.2 Å². The van der Waals surface area contributed by atoms with Crippen molar-refractivity contribution in [2.45, 2.75) is 6.92 Å². The number of rotatable bonds is 2. The Morgan fingerprint density at radius 3 is 2.29 bits per heavy atom. The number of aryl methyl sites for hydroxylation is 1. The van der Waals surface area contributed by atoms with E-state index in [4.69, 9.17) is 5.11 Å². The maximum atomic E-state index is 10.7. The number of benzene rings is 2. The zero-order valence-electron chi connectivity index (χ0n) is 9.34. The third-order valence-corrected chi connectivity index (χ3v) is 2.66. The molecule has 17 heavy (non-hydrogen) atoms. The number of hydrogen-bond donors (Lipinski definition) is 2. The van der Waals surface area contributed by atoms with Crippen LogP contribution in [0.5, 0.6) is 5.75 Å². The Morgan fingerprint density at radius 1 is 1.06 bits per heavy atom. The SMILES string of the molecule is Cc1ccc(O)cc1-c1ccc(C(=O)O)cc1. The number of carboxylic acid groups (broad SMARTS) is 1. The quantitative estimate of drug-likeness (QED) is 0.830. The number of aromatic hydroxyl groups is 1. The second kappa shape index (κ2) is 4.29. The lowest BCUT2D eigenvalue weighted by Gasteiger charge is -2.07. The molecule has 3 nitrogen and oxygen atoms in total. The van der Waals surface area contributed by atoms with Crippen molar-refractivity contribution in [3.8, 4) is 16.9 Å². The lowest BCUT2D eigenvalue weighted by Crippen LogP contribution is -1.95. The van der Waals surface area contributed by atoms with E-state index in [-0.39, 0.29) is 11.3 Å². The van der Waals surface area contributed by atoms with Gasteiger partial charge in [-0.15, -0.1) is 0 Å². The zero-order valence-corrected chi connectivity index (χ0v) is 9.34. The fourth-order valence-corrected chi connectivity index (χ4v) is 1.71. The summed E-state index contributed by atoms with van der Waals surface area (Å²) in [5.74, 6) is -0.739. The molecule has 0 saturated carbocycles. The monoisotopic (exact) mass is 228 g/mol. The van der Waals surface area contributed by atoms with E-state index in [1.807, 2.05) is 13.0 Å². The van der Waals surface area contributed by atoms with Crippen LogP contribution in [0, 0.1) is 6.92 Å². The van der Waals surface area contributed by atoms with E-state index in [9.17, 15) is 9.90 Å². The first-order valence-electron chi connectivity index (χ1n) is 5.21. The minimum absolute atomic E-state index is 0.202. The lowest BCUT2D eigenvalue weighted by molar-refractivity contribution is 0.0697. The highest BCUT2D eigenvalue weighted by molar-refractivity contribution is 5.88. The molecule has 0 aliphatic heterocycles. The fraction of sp³-hybridized carbons (Fsp3) is 0.0714. The lowest BCUT2D eigenvalue weighted by atomic mass is 9.99. The number of hydrogen-bond acceptors (Lipinski definition) is 2. The molecule has 2 N–H and O–H groups in total. The average Bonchev–Trinajstić information content (AvgIpc) is 2.32. The molecule has 0 atom stereocenters. The summed E-state index contributed by atoms with van der Waals surface area (Å²) in [5, 5.41) is 18.3. The highest BCUT2D eigenvalue weighted by Gasteiger charge is 2.05. The Kier molecular flexibility index (Phi) is 2.83. The molecule has 0 amide bonds. The molecular formula is C14H12O3. The fourth-order valence-electron chi connectivity index (χ4n) is 1.71. The largest absolute Gasteiger partial charge is 0.508 e. The second-order valence-corrected chi connectivity index (χ2v) is 3.88. The minimum atomic E-state index is -0.941. The predicted octanol–water partition coefficient (Wildman–Crippen LogP) is 3.07. The van der Waals surface area contributed by atoms with Gasteiger partial charge in [-0.25, -0.2) is 4.79 Å². The molecule has 0 heterocycles. The molecule has 0 fully saturated rings. The van der Waals surface area contributed by atoms with E-state index in [1.165, 1.54) is 0 Å². The summed E-state index contributed by atoms with van der Waals surface area (Å²) in [6.45, 7) is 1.94. The first kappa shape index (κ1) is 11.2. The number of phenolic OH excluding ortho intramolecular Hbond substituents is 1. The average molecular weight is 228 g/mol. The summed E-state index contributed by atoms with van der Waals surface area (Å²) in [7, 11) is 0. The molecule has 0 aromatic heterocycles. The second-order valence-electron chi connectivity index (χ2n) is 3.88. The van der Waals surface area contributed by atoms with Crippen LogP contribution in [0.15, 0.2) is 42.5 Å². The molecule has 0 spiro atoms. The maximum absolute atomic E-state index is 10.7.